The molecule has 0 aromatic carbocycles. The molecule has 0 aliphatic carbocycles. The third kappa shape index (κ3) is 2.50. The van der Waals surface area contributed by atoms with E-state index in [0.717, 1.165) is 32.9 Å². The van der Waals surface area contributed by atoms with Crippen molar-refractivity contribution in [2.45, 2.75) is 19.0 Å². The molecular formula is C11H22N2O2. The summed E-state index contributed by atoms with van der Waals surface area (Å²) in [5.74, 6) is 0. The molecule has 1 atom stereocenters. The van der Waals surface area contributed by atoms with Gasteiger partial charge in [0.25, 0.3) is 0 Å². The van der Waals surface area contributed by atoms with Gasteiger partial charge in [0.05, 0.1) is 25.9 Å². The fourth-order valence-electron chi connectivity index (χ4n) is 2.45. The fourth-order valence-corrected chi connectivity index (χ4v) is 2.45. The van der Waals surface area contributed by atoms with Crippen LogP contribution in [-0.4, -0.2) is 75.0 Å². The topological polar surface area (TPSA) is 24.9 Å². The standard InChI is InChI=1S/C11H22N2O2/c1-3-12-4-5-13(11-8-15-9-11)6-10(12)7-14-2/h10-11H,3-9H2,1-2H3. The Balaban J connectivity index is 1.86. The molecule has 0 N–H and O–H groups in total. The second-order valence-electron chi connectivity index (χ2n) is 4.42. The number of hydrogen-bond donors (Lipinski definition) is 0. The van der Waals surface area contributed by atoms with Crippen LogP contribution in [0.4, 0.5) is 0 Å². The van der Waals surface area contributed by atoms with Crippen molar-refractivity contribution in [3.05, 3.63) is 0 Å². The second kappa shape index (κ2) is 5.25. The first-order valence-corrected chi connectivity index (χ1v) is 5.90. The zero-order valence-corrected chi connectivity index (χ0v) is 9.82. The summed E-state index contributed by atoms with van der Waals surface area (Å²) in [4.78, 5) is 5.07. The molecule has 2 heterocycles. The molecule has 0 bridgehead atoms. The fraction of sp³-hybridized carbons (Fsp3) is 1.00. The average molecular weight is 214 g/mol. The van der Waals surface area contributed by atoms with Gasteiger partial charge >= 0.3 is 0 Å². The van der Waals surface area contributed by atoms with Gasteiger partial charge in [-0.25, -0.2) is 0 Å². The molecule has 2 fully saturated rings. The molecule has 2 aliphatic heterocycles. The maximum atomic E-state index is 5.29. The summed E-state index contributed by atoms with van der Waals surface area (Å²) in [6.45, 7) is 9.53. The monoisotopic (exact) mass is 214 g/mol. The minimum atomic E-state index is 0.564. The molecule has 15 heavy (non-hydrogen) atoms. The van der Waals surface area contributed by atoms with Gasteiger partial charge in [0.2, 0.25) is 0 Å². The van der Waals surface area contributed by atoms with Gasteiger partial charge in [-0.05, 0) is 6.54 Å². The molecule has 0 aromatic heterocycles. The van der Waals surface area contributed by atoms with E-state index in [-0.39, 0.29) is 0 Å². The zero-order valence-electron chi connectivity index (χ0n) is 9.82. The van der Waals surface area contributed by atoms with E-state index >= 15 is 0 Å². The van der Waals surface area contributed by atoms with E-state index in [1.807, 2.05) is 0 Å². The number of nitrogens with zero attached hydrogens (tertiary/aromatic N) is 2. The van der Waals surface area contributed by atoms with Gasteiger partial charge in [-0.1, -0.05) is 6.92 Å². The molecule has 0 radical (unpaired) electrons. The van der Waals surface area contributed by atoms with E-state index in [1.54, 1.807) is 7.11 Å². The van der Waals surface area contributed by atoms with Gasteiger partial charge in [0, 0.05) is 32.8 Å². The molecule has 88 valence electrons. The molecule has 2 saturated heterocycles. The van der Waals surface area contributed by atoms with Crippen molar-refractivity contribution >= 4 is 0 Å². The average Bonchev–Trinajstić information content (AvgIpc) is 2.16. The minimum absolute atomic E-state index is 0.564. The Labute approximate surface area is 92.1 Å². The molecule has 0 amide bonds. The van der Waals surface area contributed by atoms with Crippen LogP contribution in [0.25, 0.3) is 0 Å². The molecule has 1 unspecified atom stereocenters. The predicted octanol–water partition coefficient (Wildman–Crippen LogP) is 0.0377. The van der Waals surface area contributed by atoms with E-state index in [1.165, 1.54) is 13.1 Å². The van der Waals surface area contributed by atoms with E-state index in [9.17, 15) is 0 Å². The number of hydrogen-bond acceptors (Lipinski definition) is 4. The number of ether oxygens (including phenoxy) is 2. The first kappa shape index (κ1) is 11.3. The van der Waals surface area contributed by atoms with Crippen LogP contribution in [-0.2, 0) is 9.47 Å². The van der Waals surface area contributed by atoms with E-state index in [4.69, 9.17) is 9.47 Å². The lowest BCUT2D eigenvalue weighted by atomic mass is 10.1. The molecule has 4 nitrogen and oxygen atoms in total. The maximum absolute atomic E-state index is 5.29. The Kier molecular flexibility index (Phi) is 3.97. The number of rotatable bonds is 4. The quantitative estimate of drug-likeness (QED) is 0.659. The molecule has 2 aliphatic rings. The highest BCUT2D eigenvalue weighted by molar-refractivity contribution is 4.87. The summed E-state index contributed by atoms with van der Waals surface area (Å²) in [5.41, 5.74) is 0. The first-order valence-electron chi connectivity index (χ1n) is 5.90. The van der Waals surface area contributed by atoms with Crippen LogP contribution in [0.5, 0.6) is 0 Å². The minimum Gasteiger partial charge on any atom is -0.383 e. The predicted molar refractivity (Wildman–Crippen MR) is 59.1 cm³/mol. The zero-order chi connectivity index (χ0) is 10.7. The van der Waals surface area contributed by atoms with Crippen molar-refractivity contribution in [2.24, 2.45) is 0 Å². The number of methoxy groups -OCH3 is 1. The normalized spacial score (nSPS) is 30.4. The third-order valence-electron chi connectivity index (χ3n) is 3.54. The van der Waals surface area contributed by atoms with Crippen LogP contribution >= 0.6 is 0 Å². The summed E-state index contributed by atoms with van der Waals surface area (Å²) >= 11 is 0. The Morgan fingerprint density at radius 3 is 2.67 bits per heavy atom. The maximum Gasteiger partial charge on any atom is 0.0645 e. The van der Waals surface area contributed by atoms with Crippen LogP contribution < -0.4 is 0 Å². The second-order valence-corrected chi connectivity index (χ2v) is 4.42. The lowest BCUT2D eigenvalue weighted by molar-refractivity contribution is -0.0912. The van der Waals surface area contributed by atoms with Crippen LogP contribution in [0.15, 0.2) is 0 Å². The molecule has 0 saturated carbocycles. The third-order valence-corrected chi connectivity index (χ3v) is 3.54. The summed E-state index contributed by atoms with van der Waals surface area (Å²) in [6, 6.07) is 1.23. The molecule has 4 heteroatoms. The van der Waals surface area contributed by atoms with E-state index < -0.39 is 0 Å². The summed E-state index contributed by atoms with van der Waals surface area (Å²) in [7, 11) is 1.79. The summed E-state index contributed by atoms with van der Waals surface area (Å²) in [5, 5.41) is 0. The SMILES string of the molecule is CCN1CCN(C2COC2)CC1COC. The van der Waals surface area contributed by atoms with Crippen molar-refractivity contribution in [1.29, 1.82) is 0 Å². The van der Waals surface area contributed by atoms with Crippen LogP contribution in [0.2, 0.25) is 0 Å². The smallest absolute Gasteiger partial charge is 0.0645 e. The number of likely N-dealkylation sites (N-methyl/N-ethyl adjacent to an activating group) is 1. The lowest BCUT2D eigenvalue weighted by Gasteiger charge is -2.46. The van der Waals surface area contributed by atoms with E-state index in [0.29, 0.717) is 12.1 Å². The highest BCUT2D eigenvalue weighted by Crippen LogP contribution is 2.17. The molecule has 0 spiro atoms. The van der Waals surface area contributed by atoms with Crippen molar-refractivity contribution in [2.75, 3.05) is 53.1 Å². The largest absolute Gasteiger partial charge is 0.383 e. The van der Waals surface area contributed by atoms with Gasteiger partial charge in [-0.15, -0.1) is 0 Å². The molecular weight excluding hydrogens is 192 g/mol. The number of piperazine rings is 1. The van der Waals surface area contributed by atoms with Crippen molar-refractivity contribution in [1.82, 2.24) is 9.80 Å². The van der Waals surface area contributed by atoms with Crippen molar-refractivity contribution in [3.8, 4) is 0 Å². The van der Waals surface area contributed by atoms with Gasteiger partial charge in [-0.3, -0.25) is 9.80 Å². The van der Waals surface area contributed by atoms with Crippen molar-refractivity contribution in [3.63, 3.8) is 0 Å². The molecule has 2 rings (SSSR count). The summed E-state index contributed by atoms with van der Waals surface area (Å²) < 4.78 is 10.5. The highest BCUT2D eigenvalue weighted by atomic mass is 16.5. The first-order chi connectivity index (χ1) is 7.35. The Morgan fingerprint density at radius 1 is 1.33 bits per heavy atom. The van der Waals surface area contributed by atoms with Crippen molar-refractivity contribution < 1.29 is 9.47 Å². The Morgan fingerprint density at radius 2 is 2.13 bits per heavy atom. The Hall–Kier alpha value is -0.160. The Bertz CT molecular complexity index is 197. The van der Waals surface area contributed by atoms with Gasteiger partial charge in [0.1, 0.15) is 0 Å². The summed E-state index contributed by atoms with van der Waals surface area (Å²) in [6.07, 6.45) is 0. The van der Waals surface area contributed by atoms with Crippen LogP contribution in [0, 0.1) is 0 Å². The lowest BCUT2D eigenvalue weighted by Crippen LogP contribution is -2.61. The van der Waals surface area contributed by atoms with Crippen LogP contribution in [0.1, 0.15) is 6.92 Å². The van der Waals surface area contributed by atoms with Gasteiger partial charge < -0.3 is 9.47 Å². The highest BCUT2D eigenvalue weighted by Gasteiger charge is 2.33. The van der Waals surface area contributed by atoms with Gasteiger partial charge in [0.15, 0.2) is 0 Å². The van der Waals surface area contributed by atoms with Crippen LogP contribution in [0.3, 0.4) is 0 Å². The molecule has 0 aromatic rings. The van der Waals surface area contributed by atoms with E-state index in [2.05, 4.69) is 16.7 Å². The van der Waals surface area contributed by atoms with Gasteiger partial charge in [-0.2, -0.15) is 0 Å².